The second-order valence-corrected chi connectivity index (χ2v) is 6.68. The summed E-state index contributed by atoms with van der Waals surface area (Å²) in [6, 6.07) is 5.62. The normalized spacial score (nSPS) is 19.9. The number of halogens is 3. The summed E-state index contributed by atoms with van der Waals surface area (Å²) in [5, 5.41) is 7.78. The lowest BCUT2D eigenvalue weighted by atomic mass is 10.0. The minimum Gasteiger partial charge on any atom is -0.289 e. The third-order valence-electron chi connectivity index (χ3n) is 4.01. The van der Waals surface area contributed by atoms with E-state index in [0.29, 0.717) is 12.1 Å². The molecule has 0 unspecified atom stereocenters. The Morgan fingerprint density at radius 1 is 1.35 bits per heavy atom. The Balaban J connectivity index is 1.85. The summed E-state index contributed by atoms with van der Waals surface area (Å²) in [4.78, 5) is 2.20. The highest BCUT2D eigenvalue weighted by Gasteiger charge is 2.32. The summed E-state index contributed by atoms with van der Waals surface area (Å²) < 4.78 is 40.6. The summed E-state index contributed by atoms with van der Waals surface area (Å²) in [6.45, 7) is 1.46. The fraction of sp³-hybridized carbons (Fsp3) is 0.467. The van der Waals surface area contributed by atoms with Crippen LogP contribution in [0, 0.1) is 0 Å². The maximum atomic E-state index is 13.0. The van der Waals surface area contributed by atoms with E-state index >= 15 is 0 Å². The van der Waals surface area contributed by atoms with Crippen molar-refractivity contribution in [3.8, 4) is 0 Å². The molecule has 124 valence electrons. The number of hydrogen-bond donors (Lipinski definition) is 0. The Hall–Kier alpha value is -1.54. The molecule has 1 aromatic carbocycles. The molecule has 0 amide bonds. The molecule has 2 heterocycles. The predicted octanol–water partition coefficient (Wildman–Crippen LogP) is 3.12. The number of nitrogens with zero attached hydrogens (tertiary/aromatic N) is 4. The topological polar surface area (TPSA) is 34.0 Å². The molecular weight excluding hydrogens is 325 g/mol. The number of thioether (sulfide) groups is 1. The van der Waals surface area contributed by atoms with Crippen LogP contribution >= 0.6 is 11.8 Å². The predicted molar refractivity (Wildman–Crippen MR) is 82.9 cm³/mol. The zero-order chi connectivity index (χ0) is 16.4. The summed E-state index contributed by atoms with van der Waals surface area (Å²) in [6.07, 6.45) is -2.61. The first-order valence-corrected chi connectivity index (χ1v) is 8.43. The van der Waals surface area contributed by atoms with E-state index in [1.165, 1.54) is 12.1 Å². The maximum Gasteiger partial charge on any atom is 0.416 e. The van der Waals surface area contributed by atoms with Gasteiger partial charge in [-0.15, -0.1) is 5.10 Å². The summed E-state index contributed by atoms with van der Waals surface area (Å²) >= 11 is 1.77. The molecule has 0 aliphatic carbocycles. The van der Waals surface area contributed by atoms with Gasteiger partial charge in [0.25, 0.3) is 0 Å². The molecular formula is C15H17F3N4S. The van der Waals surface area contributed by atoms with E-state index in [4.69, 9.17) is 0 Å². The average molecular weight is 342 g/mol. The number of aryl methyl sites for hydroxylation is 1. The Kier molecular flexibility index (Phi) is 4.63. The third-order valence-corrected chi connectivity index (χ3v) is 5.03. The minimum atomic E-state index is -4.31. The van der Waals surface area contributed by atoms with E-state index < -0.39 is 11.7 Å². The quantitative estimate of drug-likeness (QED) is 0.858. The largest absolute Gasteiger partial charge is 0.416 e. The molecule has 0 saturated carbocycles. The highest BCUT2D eigenvalue weighted by atomic mass is 32.2. The molecule has 1 aromatic heterocycles. The van der Waals surface area contributed by atoms with E-state index in [9.17, 15) is 13.2 Å². The van der Waals surface area contributed by atoms with Crippen molar-refractivity contribution in [3.63, 3.8) is 0 Å². The third kappa shape index (κ3) is 3.69. The summed E-state index contributed by atoms with van der Waals surface area (Å²) in [7, 11) is 1.82. The average Bonchev–Trinajstić information content (AvgIpc) is 2.92. The zero-order valence-corrected chi connectivity index (χ0v) is 13.4. The first-order valence-electron chi connectivity index (χ1n) is 7.27. The Bertz CT molecular complexity index is 671. The fourth-order valence-corrected chi connectivity index (χ4v) is 3.88. The van der Waals surface area contributed by atoms with E-state index in [1.807, 2.05) is 7.05 Å². The van der Waals surface area contributed by atoms with Gasteiger partial charge in [0.05, 0.1) is 17.5 Å². The van der Waals surface area contributed by atoms with Crippen LogP contribution in [0.3, 0.4) is 0 Å². The molecule has 1 atom stereocenters. The van der Waals surface area contributed by atoms with Crippen molar-refractivity contribution in [2.24, 2.45) is 7.05 Å². The van der Waals surface area contributed by atoms with Crippen LogP contribution in [-0.4, -0.2) is 37.9 Å². The van der Waals surface area contributed by atoms with Gasteiger partial charge in [-0.3, -0.25) is 9.58 Å². The molecule has 0 radical (unpaired) electrons. The van der Waals surface area contributed by atoms with Crippen molar-refractivity contribution in [2.75, 3.05) is 18.1 Å². The summed E-state index contributed by atoms with van der Waals surface area (Å²) in [5.74, 6) is 1.76. The van der Waals surface area contributed by atoms with Crippen LogP contribution in [-0.2, 0) is 19.8 Å². The molecule has 1 aliphatic rings. The van der Waals surface area contributed by atoms with Gasteiger partial charge in [-0.25, -0.2) is 0 Å². The molecule has 23 heavy (non-hydrogen) atoms. The van der Waals surface area contributed by atoms with Crippen LogP contribution in [0.1, 0.15) is 22.9 Å². The molecule has 0 bridgehead atoms. The van der Waals surface area contributed by atoms with E-state index in [2.05, 4.69) is 15.2 Å². The standard InChI is InChI=1S/C15H17F3N4S/c1-21-13(8-19-20-21)9-22-5-6-23-10-14(22)11-3-2-4-12(7-11)15(16,17)18/h2-4,7-8,14H,5-6,9-10H2,1H3/t14-/m1/s1. The smallest absolute Gasteiger partial charge is 0.289 e. The maximum absolute atomic E-state index is 13.0. The Morgan fingerprint density at radius 3 is 2.87 bits per heavy atom. The second kappa shape index (κ2) is 6.52. The number of rotatable bonds is 3. The van der Waals surface area contributed by atoms with Crippen LogP contribution < -0.4 is 0 Å². The van der Waals surface area contributed by atoms with E-state index in [-0.39, 0.29) is 6.04 Å². The number of benzene rings is 1. The Morgan fingerprint density at radius 2 is 2.17 bits per heavy atom. The van der Waals surface area contributed by atoms with E-state index in [1.54, 1.807) is 28.7 Å². The highest BCUT2D eigenvalue weighted by molar-refractivity contribution is 7.99. The number of hydrogen-bond acceptors (Lipinski definition) is 4. The molecule has 8 heteroatoms. The van der Waals surface area contributed by atoms with Crippen molar-refractivity contribution in [3.05, 3.63) is 47.3 Å². The van der Waals surface area contributed by atoms with Gasteiger partial charge < -0.3 is 0 Å². The molecule has 4 nitrogen and oxygen atoms in total. The van der Waals surface area contributed by atoms with Gasteiger partial charge in [-0.05, 0) is 17.7 Å². The zero-order valence-electron chi connectivity index (χ0n) is 12.6. The number of aromatic nitrogens is 3. The van der Waals surface area contributed by atoms with Crippen LogP contribution in [0.4, 0.5) is 13.2 Å². The van der Waals surface area contributed by atoms with Crippen molar-refractivity contribution < 1.29 is 13.2 Å². The first-order chi connectivity index (χ1) is 10.9. The molecule has 1 aliphatic heterocycles. The Labute approximate surface area is 136 Å². The molecule has 0 spiro atoms. The van der Waals surface area contributed by atoms with Crippen LogP contribution in [0.5, 0.6) is 0 Å². The van der Waals surface area contributed by atoms with Crippen LogP contribution in [0.15, 0.2) is 30.5 Å². The lowest BCUT2D eigenvalue weighted by Crippen LogP contribution is -2.36. The van der Waals surface area contributed by atoms with Crippen LogP contribution in [0.25, 0.3) is 0 Å². The van der Waals surface area contributed by atoms with Gasteiger partial charge in [0.1, 0.15) is 0 Å². The second-order valence-electron chi connectivity index (χ2n) is 5.53. The van der Waals surface area contributed by atoms with Crippen molar-refractivity contribution in [1.82, 2.24) is 19.9 Å². The van der Waals surface area contributed by atoms with Gasteiger partial charge in [0, 0.05) is 37.7 Å². The lowest BCUT2D eigenvalue weighted by molar-refractivity contribution is -0.137. The van der Waals surface area contributed by atoms with Crippen molar-refractivity contribution in [1.29, 1.82) is 0 Å². The van der Waals surface area contributed by atoms with Gasteiger partial charge >= 0.3 is 6.18 Å². The van der Waals surface area contributed by atoms with Gasteiger partial charge in [-0.1, -0.05) is 17.3 Å². The van der Waals surface area contributed by atoms with Gasteiger partial charge in [0.2, 0.25) is 0 Å². The molecule has 1 fully saturated rings. The van der Waals surface area contributed by atoms with Crippen LogP contribution in [0.2, 0.25) is 0 Å². The summed E-state index contributed by atoms with van der Waals surface area (Å²) in [5.41, 5.74) is 1.07. The van der Waals surface area contributed by atoms with Gasteiger partial charge in [-0.2, -0.15) is 24.9 Å². The van der Waals surface area contributed by atoms with Crippen molar-refractivity contribution >= 4 is 11.8 Å². The molecule has 2 aromatic rings. The van der Waals surface area contributed by atoms with Crippen molar-refractivity contribution in [2.45, 2.75) is 18.8 Å². The lowest BCUT2D eigenvalue weighted by Gasteiger charge is -2.35. The SMILES string of the molecule is Cn1nncc1CN1CCSC[C@@H]1c1cccc(C(F)(F)F)c1. The molecule has 1 saturated heterocycles. The number of alkyl halides is 3. The highest BCUT2D eigenvalue weighted by Crippen LogP contribution is 2.35. The first kappa shape index (κ1) is 16.3. The monoisotopic (exact) mass is 342 g/mol. The van der Waals surface area contributed by atoms with Gasteiger partial charge in [0.15, 0.2) is 0 Å². The minimum absolute atomic E-state index is 0.0362. The molecule has 3 rings (SSSR count). The molecule has 0 N–H and O–H groups in total. The van der Waals surface area contributed by atoms with E-state index in [0.717, 1.165) is 29.8 Å². The fourth-order valence-electron chi connectivity index (χ4n) is 2.72.